The molecule has 2 aromatic carbocycles. The van der Waals surface area contributed by atoms with E-state index >= 15 is 0 Å². The molecule has 30 heavy (non-hydrogen) atoms. The molecule has 0 bridgehead atoms. The van der Waals surface area contributed by atoms with Gasteiger partial charge in [0.15, 0.2) is 6.61 Å². The Bertz CT molecular complexity index is 1070. The number of halogens is 2. The number of ether oxygens (including phenoxy) is 1. The first kappa shape index (κ1) is 22.6. The average molecular weight is 471 g/mol. The number of carbonyl (C=O) groups excluding carboxylic acids is 2. The van der Waals surface area contributed by atoms with Crippen molar-refractivity contribution in [2.75, 3.05) is 12.9 Å². The Morgan fingerprint density at radius 2 is 1.87 bits per heavy atom. The molecule has 0 aliphatic carbocycles. The van der Waals surface area contributed by atoms with Crippen molar-refractivity contribution in [2.45, 2.75) is 25.6 Å². The zero-order chi connectivity index (χ0) is 21.9. The number of carbonyl (C=O) groups is 2. The van der Waals surface area contributed by atoms with E-state index in [1.165, 1.54) is 0 Å². The lowest BCUT2D eigenvalue weighted by molar-refractivity contribution is -0.152. The Labute approximate surface area is 185 Å². The lowest BCUT2D eigenvalue weighted by Crippen LogP contribution is -2.49. The minimum atomic E-state index is -3.65. The van der Waals surface area contributed by atoms with Crippen LogP contribution in [0.15, 0.2) is 42.5 Å². The number of sulfonamides is 1. The highest BCUT2D eigenvalue weighted by atomic mass is 35.5. The SMILES string of the molecule is CS(=O)(=O)N1Cc2ccccc2C[C@@H]1C(=O)OCC(=O)NCc1ccc(Cl)cc1Cl. The van der Waals surface area contributed by atoms with E-state index in [1.807, 2.05) is 24.3 Å². The lowest BCUT2D eigenvalue weighted by atomic mass is 9.96. The van der Waals surface area contributed by atoms with Crippen molar-refractivity contribution in [2.24, 2.45) is 0 Å². The highest BCUT2D eigenvalue weighted by molar-refractivity contribution is 7.88. The third-order valence-electron chi connectivity index (χ3n) is 4.74. The monoisotopic (exact) mass is 470 g/mol. The molecular formula is C20H20Cl2N2O5S. The molecule has 160 valence electrons. The van der Waals surface area contributed by atoms with Crippen molar-refractivity contribution in [3.63, 3.8) is 0 Å². The summed E-state index contributed by atoms with van der Waals surface area (Å²) in [5, 5.41) is 3.49. The molecule has 0 saturated carbocycles. The van der Waals surface area contributed by atoms with Crippen molar-refractivity contribution < 1.29 is 22.7 Å². The molecule has 1 aliphatic heterocycles. The summed E-state index contributed by atoms with van der Waals surface area (Å²) in [5.74, 6) is -1.30. The normalized spacial score (nSPS) is 16.6. The predicted octanol–water partition coefficient (Wildman–Crippen LogP) is 2.54. The summed E-state index contributed by atoms with van der Waals surface area (Å²) in [6.07, 6.45) is 1.23. The molecule has 0 aromatic heterocycles. The van der Waals surface area contributed by atoms with E-state index in [1.54, 1.807) is 18.2 Å². The van der Waals surface area contributed by atoms with Crippen LogP contribution >= 0.6 is 23.2 Å². The number of fused-ring (bicyclic) bond motifs is 1. The maximum absolute atomic E-state index is 12.6. The second-order valence-corrected chi connectivity index (χ2v) is 9.70. The van der Waals surface area contributed by atoms with Gasteiger partial charge in [0.25, 0.3) is 5.91 Å². The Kier molecular flexibility index (Phi) is 7.02. The van der Waals surface area contributed by atoms with Crippen LogP contribution in [0.5, 0.6) is 0 Å². The van der Waals surface area contributed by atoms with Gasteiger partial charge in [0.1, 0.15) is 6.04 Å². The van der Waals surface area contributed by atoms with Gasteiger partial charge in [-0.15, -0.1) is 0 Å². The summed E-state index contributed by atoms with van der Waals surface area (Å²) in [7, 11) is -3.65. The number of hydrogen-bond acceptors (Lipinski definition) is 5. The molecule has 0 saturated heterocycles. The van der Waals surface area contributed by atoms with Crippen LogP contribution in [-0.2, 0) is 43.9 Å². The fraction of sp³-hybridized carbons (Fsp3) is 0.300. The van der Waals surface area contributed by atoms with Gasteiger partial charge in [-0.05, 0) is 28.8 Å². The van der Waals surface area contributed by atoms with Crippen LogP contribution in [0.3, 0.4) is 0 Å². The van der Waals surface area contributed by atoms with Crippen molar-refractivity contribution >= 4 is 45.1 Å². The van der Waals surface area contributed by atoms with E-state index in [4.69, 9.17) is 27.9 Å². The van der Waals surface area contributed by atoms with E-state index in [-0.39, 0.29) is 19.5 Å². The minimum absolute atomic E-state index is 0.0794. The number of amides is 1. The molecule has 1 amide bonds. The smallest absolute Gasteiger partial charge is 0.325 e. The van der Waals surface area contributed by atoms with Gasteiger partial charge in [-0.1, -0.05) is 53.5 Å². The fourth-order valence-corrected chi connectivity index (χ4v) is 4.66. The molecule has 1 heterocycles. The molecule has 1 N–H and O–H groups in total. The zero-order valence-corrected chi connectivity index (χ0v) is 18.4. The van der Waals surface area contributed by atoms with E-state index in [0.29, 0.717) is 15.6 Å². The van der Waals surface area contributed by atoms with Crippen molar-refractivity contribution in [1.29, 1.82) is 0 Å². The number of benzene rings is 2. The third-order valence-corrected chi connectivity index (χ3v) is 6.56. The number of rotatable bonds is 6. The fourth-order valence-electron chi connectivity index (χ4n) is 3.19. The standard InChI is InChI=1S/C20H20Cl2N2O5S/c1-30(27,28)24-11-15-5-3-2-4-13(15)8-18(24)20(26)29-12-19(25)23-10-14-6-7-16(21)9-17(14)22/h2-7,9,18H,8,10-12H2,1H3,(H,23,25)/t18-/m1/s1. The number of esters is 1. The van der Waals surface area contributed by atoms with Crippen molar-refractivity contribution in [1.82, 2.24) is 9.62 Å². The van der Waals surface area contributed by atoms with Crippen LogP contribution < -0.4 is 5.32 Å². The van der Waals surface area contributed by atoms with Gasteiger partial charge in [-0.3, -0.25) is 9.59 Å². The molecule has 0 fully saturated rings. The summed E-state index contributed by atoms with van der Waals surface area (Å²) in [6, 6.07) is 11.2. The van der Waals surface area contributed by atoms with Gasteiger partial charge in [0.2, 0.25) is 10.0 Å². The summed E-state index contributed by atoms with van der Waals surface area (Å²) < 4.78 is 30.6. The van der Waals surface area contributed by atoms with Gasteiger partial charge in [0.05, 0.1) is 6.26 Å². The van der Waals surface area contributed by atoms with Crippen molar-refractivity contribution in [3.05, 3.63) is 69.2 Å². The molecule has 0 unspecified atom stereocenters. The van der Waals surface area contributed by atoms with Crippen LogP contribution in [0, 0.1) is 0 Å². The van der Waals surface area contributed by atoms with E-state index < -0.39 is 34.5 Å². The summed E-state index contributed by atoms with van der Waals surface area (Å²) >= 11 is 11.9. The number of hydrogen-bond donors (Lipinski definition) is 1. The van der Waals surface area contributed by atoms with E-state index in [0.717, 1.165) is 21.7 Å². The molecule has 0 spiro atoms. The van der Waals surface area contributed by atoms with Gasteiger partial charge in [0, 0.05) is 29.6 Å². The highest BCUT2D eigenvalue weighted by Gasteiger charge is 2.38. The third kappa shape index (κ3) is 5.51. The number of nitrogens with zero attached hydrogens (tertiary/aromatic N) is 1. The zero-order valence-electron chi connectivity index (χ0n) is 16.1. The molecule has 10 heteroatoms. The van der Waals surface area contributed by atoms with Gasteiger partial charge in [-0.2, -0.15) is 4.31 Å². The van der Waals surface area contributed by atoms with E-state index in [2.05, 4.69) is 5.32 Å². The van der Waals surface area contributed by atoms with Crippen LogP contribution in [0.25, 0.3) is 0 Å². The van der Waals surface area contributed by atoms with Gasteiger partial charge in [-0.25, -0.2) is 8.42 Å². The Morgan fingerprint density at radius 1 is 1.17 bits per heavy atom. The molecular weight excluding hydrogens is 451 g/mol. The molecule has 1 aliphatic rings. The average Bonchev–Trinajstić information content (AvgIpc) is 2.69. The maximum Gasteiger partial charge on any atom is 0.325 e. The van der Waals surface area contributed by atoms with Crippen LogP contribution in [-0.4, -0.2) is 43.5 Å². The second-order valence-electron chi connectivity index (χ2n) is 6.92. The van der Waals surface area contributed by atoms with Crippen LogP contribution in [0.4, 0.5) is 0 Å². The predicted molar refractivity (Wildman–Crippen MR) is 114 cm³/mol. The maximum atomic E-state index is 12.6. The number of nitrogens with one attached hydrogen (secondary N) is 1. The first-order chi connectivity index (χ1) is 14.1. The molecule has 7 nitrogen and oxygen atoms in total. The first-order valence-electron chi connectivity index (χ1n) is 9.06. The quantitative estimate of drug-likeness (QED) is 0.654. The highest BCUT2D eigenvalue weighted by Crippen LogP contribution is 2.26. The van der Waals surface area contributed by atoms with E-state index in [9.17, 15) is 18.0 Å². The van der Waals surface area contributed by atoms with Crippen LogP contribution in [0.2, 0.25) is 10.0 Å². The molecule has 0 radical (unpaired) electrons. The van der Waals surface area contributed by atoms with Gasteiger partial charge >= 0.3 is 5.97 Å². The Morgan fingerprint density at radius 3 is 2.53 bits per heavy atom. The molecule has 2 aromatic rings. The largest absolute Gasteiger partial charge is 0.454 e. The second kappa shape index (κ2) is 9.34. The Hall–Kier alpha value is -2.13. The minimum Gasteiger partial charge on any atom is -0.454 e. The first-order valence-corrected chi connectivity index (χ1v) is 11.7. The summed E-state index contributed by atoms with van der Waals surface area (Å²) in [4.78, 5) is 24.7. The Balaban J connectivity index is 1.60. The molecule has 3 rings (SSSR count). The lowest BCUT2D eigenvalue weighted by Gasteiger charge is -2.33. The van der Waals surface area contributed by atoms with Crippen LogP contribution in [0.1, 0.15) is 16.7 Å². The van der Waals surface area contributed by atoms with Gasteiger partial charge < -0.3 is 10.1 Å². The topological polar surface area (TPSA) is 92.8 Å². The molecule has 1 atom stereocenters. The summed E-state index contributed by atoms with van der Waals surface area (Å²) in [5.41, 5.74) is 2.37. The van der Waals surface area contributed by atoms with Crippen molar-refractivity contribution in [3.8, 4) is 0 Å². The summed E-state index contributed by atoms with van der Waals surface area (Å²) in [6.45, 7) is -0.311.